The van der Waals surface area contributed by atoms with Crippen molar-refractivity contribution in [3.05, 3.63) is 28.3 Å². The first-order valence-corrected chi connectivity index (χ1v) is 6.56. The quantitative estimate of drug-likeness (QED) is 0.877. The van der Waals surface area contributed by atoms with Crippen molar-refractivity contribution < 1.29 is 4.74 Å². The van der Waals surface area contributed by atoms with Gasteiger partial charge in [-0.1, -0.05) is 17.7 Å². The van der Waals surface area contributed by atoms with E-state index in [0.717, 1.165) is 17.2 Å². The summed E-state index contributed by atoms with van der Waals surface area (Å²) in [6.07, 6.45) is 3.29. The molecule has 0 bridgehead atoms. The van der Waals surface area contributed by atoms with Gasteiger partial charge in [0.2, 0.25) is 0 Å². The van der Waals surface area contributed by atoms with Gasteiger partial charge in [-0.2, -0.15) is 0 Å². The molecule has 17 heavy (non-hydrogen) atoms. The number of halogens is 1. The molecule has 1 aliphatic heterocycles. The average Bonchev–Trinajstić information content (AvgIpc) is 2.97. The summed E-state index contributed by atoms with van der Waals surface area (Å²) in [4.78, 5) is 0. The number of hydrogen-bond donors (Lipinski definition) is 1. The highest BCUT2D eigenvalue weighted by atomic mass is 35.5. The van der Waals surface area contributed by atoms with Crippen LogP contribution in [0.5, 0.6) is 5.75 Å². The van der Waals surface area contributed by atoms with Gasteiger partial charge in [-0.05, 0) is 43.9 Å². The maximum atomic E-state index is 6.33. The Kier molecular flexibility index (Phi) is 2.27. The summed E-state index contributed by atoms with van der Waals surface area (Å²) in [5.41, 5.74) is 8.47. The van der Waals surface area contributed by atoms with Gasteiger partial charge in [-0.15, -0.1) is 0 Å². The molecule has 1 aromatic rings. The predicted molar refractivity (Wildman–Crippen MR) is 69.8 cm³/mol. The molecule has 2 N–H and O–H groups in total. The zero-order chi connectivity index (χ0) is 12.3. The molecule has 3 heteroatoms. The second kappa shape index (κ2) is 3.39. The second-order valence-electron chi connectivity index (χ2n) is 5.97. The van der Waals surface area contributed by atoms with Gasteiger partial charge in [0.15, 0.2) is 0 Å². The predicted octanol–water partition coefficient (Wildman–Crippen LogP) is 3.04. The first-order valence-electron chi connectivity index (χ1n) is 6.18. The van der Waals surface area contributed by atoms with Crippen LogP contribution >= 0.6 is 11.6 Å². The van der Waals surface area contributed by atoms with Crippen molar-refractivity contribution in [2.75, 3.05) is 6.54 Å². The zero-order valence-corrected chi connectivity index (χ0v) is 11.1. The minimum atomic E-state index is -0.135. The minimum absolute atomic E-state index is 0.135. The molecule has 2 aliphatic rings. The Bertz CT molecular complexity index is 477. The highest BCUT2D eigenvalue weighted by Crippen LogP contribution is 2.51. The third-order valence-electron chi connectivity index (χ3n) is 3.97. The van der Waals surface area contributed by atoms with Crippen LogP contribution in [0.2, 0.25) is 5.02 Å². The van der Waals surface area contributed by atoms with Crippen LogP contribution in [0.1, 0.15) is 37.8 Å². The van der Waals surface area contributed by atoms with E-state index in [1.165, 1.54) is 24.0 Å². The van der Waals surface area contributed by atoms with Crippen LogP contribution < -0.4 is 10.5 Å². The van der Waals surface area contributed by atoms with E-state index in [9.17, 15) is 0 Å². The first-order chi connectivity index (χ1) is 7.96. The second-order valence-corrected chi connectivity index (χ2v) is 6.38. The van der Waals surface area contributed by atoms with E-state index in [2.05, 4.69) is 19.9 Å². The van der Waals surface area contributed by atoms with Crippen molar-refractivity contribution in [2.45, 2.75) is 44.1 Å². The number of benzene rings is 1. The maximum Gasteiger partial charge on any atom is 0.142 e. The topological polar surface area (TPSA) is 35.2 Å². The van der Waals surface area contributed by atoms with Crippen molar-refractivity contribution in [3.8, 4) is 5.75 Å². The van der Waals surface area contributed by atoms with Crippen molar-refractivity contribution >= 4 is 11.6 Å². The fourth-order valence-corrected chi connectivity index (χ4v) is 3.01. The molecule has 1 aliphatic carbocycles. The van der Waals surface area contributed by atoms with Crippen LogP contribution in [0, 0.1) is 0 Å². The average molecular weight is 252 g/mol. The fourth-order valence-electron chi connectivity index (χ4n) is 2.73. The van der Waals surface area contributed by atoms with Gasteiger partial charge in [0.25, 0.3) is 0 Å². The highest BCUT2D eigenvalue weighted by molar-refractivity contribution is 6.32. The summed E-state index contributed by atoms with van der Waals surface area (Å²) >= 11 is 6.33. The maximum absolute atomic E-state index is 6.33. The summed E-state index contributed by atoms with van der Waals surface area (Å²) < 4.78 is 5.88. The molecule has 0 radical (unpaired) electrons. The fraction of sp³-hybridized carbons (Fsp3) is 0.571. The lowest BCUT2D eigenvalue weighted by molar-refractivity contribution is 0.138. The Balaban J connectivity index is 2.05. The summed E-state index contributed by atoms with van der Waals surface area (Å²) in [5, 5.41) is 0.739. The van der Waals surface area contributed by atoms with Crippen LogP contribution in [0.25, 0.3) is 0 Å². The van der Waals surface area contributed by atoms with Gasteiger partial charge < -0.3 is 10.5 Å². The van der Waals surface area contributed by atoms with Crippen molar-refractivity contribution in [3.63, 3.8) is 0 Å². The molecular formula is C14H18ClNO. The van der Waals surface area contributed by atoms with Gasteiger partial charge >= 0.3 is 0 Å². The molecule has 0 atom stereocenters. The Labute approximate surface area is 107 Å². The molecule has 1 aromatic carbocycles. The lowest BCUT2D eigenvalue weighted by Crippen LogP contribution is -2.24. The van der Waals surface area contributed by atoms with Gasteiger partial charge in [-0.3, -0.25) is 0 Å². The van der Waals surface area contributed by atoms with Crippen molar-refractivity contribution in [1.82, 2.24) is 0 Å². The van der Waals surface area contributed by atoms with E-state index in [1.807, 2.05) is 6.07 Å². The lowest BCUT2D eigenvalue weighted by Gasteiger charge is -2.17. The lowest BCUT2D eigenvalue weighted by atomic mass is 9.92. The van der Waals surface area contributed by atoms with Gasteiger partial charge in [-0.25, -0.2) is 0 Å². The normalized spacial score (nSPS) is 23.1. The molecule has 0 aromatic heterocycles. The largest absolute Gasteiger partial charge is 0.486 e. The van der Waals surface area contributed by atoms with Crippen LogP contribution in [0.4, 0.5) is 0 Å². The molecule has 0 spiro atoms. The molecule has 1 fully saturated rings. The smallest absolute Gasteiger partial charge is 0.142 e. The number of rotatable bonds is 2. The number of nitrogens with two attached hydrogens (primary N) is 1. The van der Waals surface area contributed by atoms with Gasteiger partial charge in [0.1, 0.15) is 11.4 Å². The van der Waals surface area contributed by atoms with Crippen LogP contribution in [-0.4, -0.2) is 12.1 Å². The van der Waals surface area contributed by atoms with Gasteiger partial charge in [0, 0.05) is 18.4 Å². The van der Waals surface area contributed by atoms with Gasteiger partial charge in [0.05, 0.1) is 5.02 Å². The van der Waals surface area contributed by atoms with E-state index >= 15 is 0 Å². The standard InChI is InChI=1S/C14H18ClNO/c1-13(2)7-9-5-10(14(8-16)3-4-14)6-11(15)12(9)17-13/h5-6H,3-4,7-8,16H2,1-2H3. The SMILES string of the molecule is CC1(C)Cc2cc(C3(CN)CC3)cc(Cl)c2O1. The summed E-state index contributed by atoms with van der Waals surface area (Å²) in [5.74, 6) is 0.869. The molecule has 92 valence electrons. The van der Waals surface area contributed by atoms with Crippen LogP contribution in [-0.2, 0) is 11.8 Å². The third kappa shape index (κ3) is 1.74. The number of hydrogen-bond acceptors (Lipinski definition) is 2. The van der Waals surface area contributed by atoms with Crippen LogP contribution in [0.3, 0.4) is 0 Å². The Hall–Kier alpha value is -0.730. The molecule has 1 saturated carbocycles. The molecule has 0 amide bonds. The number of fused-ring (bicyclic) bond motifs is 1. The Morgan fingerprint density at radius 1 is 1.35 bits per heavy atom. The number of ether oxygens (including phenoxy) is 1. The van der Waals surface area contributed by atoms with Crippen molar-refractivity contribution in [2.24, 2.45) is 5.73 Å². The van der Waals surface area contributed by atoms with E-state index in [4.69, 9.17) is 22.1 Å². The Morgan fingerprint density at radius 3 is 2.65 bits per heavy atom. The minimum Gasteiger partial charge on any atom is -0.486 e. The van der Waals surface area contributed by atoms with E-state index < -0.39 is 0 Å². The monoisotopic (exact) mass is 251 g/mol. The Morgan fingerprint density at radius 2 is 2.06 bits per heavy atom. The zero-order valence-electron chi connectivity index (χ0n) is 10.3. The highest BCUT2D eigenvalue weighted by Gasteiger charge is 2.44. The van der Waals surface area contributed by atoms with E-state index in [0.29, 0.717) is 6.54 Å². The molecule has 0 saturated heterocycles. The molecular weight excluding hydrogens is 234 g/mol. The van der Waals surface area contributed by atoms with Crippen LogP contribution in [0.15, 0.2) is 12.1 Å². The summed E-state index contributed by atoms with van der Waals surface area (Å²) in [6.45, 7) is 4.91. The molecule has 2 nitrogen and oxygen atoms in total. The molecule has 1 heterocycles. The summed E-state index contributed by atoms with van der Waals surface area (Å²) in [7, 11) is 0. The van der Waals surface area contributed by atoms with Crippen molar-refractivity contribution in [1.29, 1.82) is 0 Å². The molecule has 0 unspecified atom stereocenters. The third-order valence-corrected chi connectivity index (χ3v) is 4.25. The van der Waals surface area contributed by atoms with E-state index in [1.54, 1.807) is 0 Å². The van der Waals surface area contributed by atoms with E-state index in [-0.39, 0.29) is 11.0 Å². The summed E-state index contributed by atoms with van der Waals surface area (Å²) in [6, 6.07) is 4.29. The molecule has 3 rings (SSSR count). The first kappa shape index (κ1) is 11.4.